The minimum Gasteiger partial charge on any atom is -0.304 e. The van der Waals surface area contributed by atoms with E-state index in [4.69, 9.17) is 0 Å². The van der Waals surface area contributed by atoms with Gasteiger partial charge in [0.2, 0.25) is 0 Å². The molecule has 96 valence electrons. The molecule has 2 aromatic rings. The summed E-state index contributed by atoms with van der Waals surface area (Å²) in [6.07, 6.45) is 2.33. The van der Waals surface area contributed by atoms with E-state index in [9.17, 15) is 4.79 Å². The molecule has 1 unspecified atom stereocenters. The molecule has 1 aliphatic rings. The number of carbonyl (C=O) groups excluding carboxylic acids is 1. The van der Waals surface area contributed by atoms with Gasteiger partial charge in [-0.25, -0.2) is 9.97 Å². The molecule has 0 saturated heterocycles. The second-order valence-electron chi connectivity index (χ2n) is 4.90. The van der Waals surface area contributed by atoms with Crippen LogP contribution in [0.1, 0.15) is 28.7 Å². The molecule has 1 amide bonds. The Morgan fingerprint density at radius 2 is 2.11 bits per heavy atom. The zero-order valence-corrected chi connectivity index (χ0v) is 11.0. The zero-order chi connectivity index (χ0) is 13.4. The van der Waals surface area contributed by atoms with Gasteiger partial charge in [0.05, 0.1) is 0 Å². The van der Waals surface area contributed by atoms with Crippen molar-refractivity contribution in [2.24, 2.45) is 0 Å². The van der Waals surface area contributed by atoms with Gasteiger partial charge in [0.15, 0.2) is 0 Å². The fourth-order valence-electron chi connectivity index (χ4n) is 2.57. The Bertz CT molecular complexity index is 639. The van der Waals surface area contributed by atoms with Crippen LogP contribution in [-0.2, 0) is 6.42 Å². The molecule has 0 N–H and O–H groups in total. The lowest BCUT2D eigenvalue weighted by Crippen LogP contribution is -2.36. The largest absolute Gasteiger partial charge is 0.304 e. The van der Waals surface area contributed by atoms with Gasteiger partial charge in [-0.05, 0) is 38.0 Å². The van der Waals surface area contributed by atoms with Crippen molar-refractivity contribution in [2.45, 2.75) is 26.3 Å². The molecule has 0 radical (unpaired) electrons. The standard InChI is InChI=1S/C15H15N3O/c1-10-7-13(17-9-16-10)15(19)18-11(2)8-12-5-3-4-6-14(12)18/h3-7,9,11H,8H2,1-2H3. The van der Waals surface area contributed by atoms with E-state index < -0.39 is 0 Å². The quantitative estimate of drug-likeness (QED) is 0.784. The highest BCUT2D eigenvalue weighted by atomic mass is 16.2. The third kappa shape index (κ3) is 1.99. The maximum atomic E-state index is 12.6. The highest BCUT2D eigenvalue weighted by molar-refractivity contribution is 6.06. The van der Waals surface area contributed by atoms with Gasteiger partial charge in [0.1, 0.15) is 12.0 Å². The van der Waals surface area contributed by atoms with E-state index in [-0.39, 0.29) is 11.9 Å². The SMILES string of the molecule is Cc1cc(C(=O)N2c3ccccc3CC2C)ncn1. The third-order valence-electron chi connectivity index (χ3n) is 3.45. The summed E-state index contributed by atoms with van der Waals surface area (Å²) in [6, 6.07) is 9.93. The topological polar surface area (TPSA) is 46.1 Å². The number of para-hydroxylation sites is 1. The molecular weight excluding hydrogens is 238 g/mol. The van der Waals surface area contributed by atoms with Crippen LogP contribution in [-0.4, -0.2) is 21.9 Å². The number of rotatable bonds is 1. The van der Waals surface area contributed by atoms with Crippen molar-refractivity contribution in [1.29, 1.82) is 0 Å². The molecule has 1 aliphatic heterocycles. The maximum absolute atomic E-state index is 12.6. The second kappa shape index (κ2) is 4.46. The molecule has 4 heteroatoms. The minimum atomic E-state index is -0.0528. The van der Waals surface area contributed by atoms with Gasteiger partial charge in [0.25, 0.3) is 5.91 Å². The summed E-state index contributed by atoms with van der Waals surface area (Å²) in [5, 5.41) is 0. The Balaban J connectivity index is 2.01. The Morgan fingerprint density at radius 1 is 1.32 bits per heavy atom. The molecule has 1 aromatic carbocycles. The van der Waals surface area contributed by atoms with Gasteiger partial charge in [0, 0.05) is 17.4 Å². The Kier molecular flexibility index (Phi) is 2.78. The minimum absolute atomic E-state index is 0.0528. The number of amides is 1. The third-order valence-corrected chi connectivity index (χ3v) is 3.45. The lowest BCUT2D eigenvalue weighted by molar-refractivity contribution is 0.0976. The molecule has 0 spiro atoms. The number of carbonyl (C=O) groups is 1. The van der Waals surface area contributed by atoms with Crippen LogP contribution in [0, 0.1) is 6.92 Å². The summed E-state index contributed by atoms with van der Waals surface area (Å²) < 4.78 is 0. The van der Waals surface area contributed by atoms with E-state index in [1.165, 1.54) is 11.9 Å². The van der Waals surface area contributed by atoms with Gasteiger partial charge in [-0.3, -0.25) is 4.79 Å². The van der Waals surface area contributed by atoms with Crippen LogP contribution in [0.25, 0.3) is 0 Å². The number of hydrogen-bond acceptors (Lipinski definition) is 3. The summed E-state index contributed by atoms with van der Waals surface area (Å²) in [5.41, 5.74) is 3.47. The summed E-state index contributed by atoms with van der Waals surface area (Å²) in [5.74, 6) is -0.0528. The summed E-state index contributed by atoms with van der Waals surface area (Å²) in [6.45, 7) is 3.92. The average molecular weight is 253 g/mol. The predicted molar refractivity (Wildman–Crippen MR) is 73.2 cm³/mol. The van der Waals surface area contributed by atoms with Crippen molar-refractivity contribution in [1.82, 2.24) is 9.97 Å². The second-order valence-corrected chi connectivity index (χ2v) is 4.90. The lowest BCUT2D eigenvalue weighted by atomic mass is 10.1. The fraction of sp³-hybridized carbons (Fsp3) is 0.267. The Morgan fingerprint density at radius 3 is 2.89 bits per heavy atom. The van der Waals surface area contributed by atoms with Crippen LogP contribution >= 0.6 is 0 Å². The van der Waals surface area contributed by atoms with Gasteiger partial charge in [-0.2, -0.15) is 0 Å². The molecule has 0 aliphatic carbocycles. The molecule has 2 heterocycles. The van der Waals surface area contributed by atoms with Crippen molar-refractivity contribution in [3.8, 4) is 0 Å². The number of benzene rings is 1. The molecule has 3 rings (SSSR count). The first-order chi connectivity index (χ1) is 9.16. The van der Waals surface area contributed by atoms with E-state index in [1.54, 1.807) is 6.07 Å². The van der Waals surface area contributed by atoms with Crippen LogP contribution in [0.4, 0.5) is 5.69 Å². The van der Waals surface area contributed by atoms with Crippen LogP contribution < -0.4 is 4.90 Å². The Hall–Kier alpha value is -2.23. The lowest BCUT2D eigenvalue weighted by Gasteiger charge is -2.22. The molecule has 0 bridgehead atoms. The van der Waals surface area contributed by atoms with Crippen molar-refractivity contribution in [2.75, 3.05) is 4.90 Å². The number of nitrogens with zero attached hydrogens (tertiary/aromatic N) is 3. The highest BCUT2D eigenvalue weighted by Crippen LogP contribution is 2.32. The van der Waals surface area contributed by atoms with Crippen molar-refractivity contribution >= 4 is 11.6 Å². The van der Waals surface area contributed by atoms with Crippen LogP contribution in [0.2, 0.25) is 0 Å². The van der Waals surface area contributed by atoms with Gasteiger partial charge < -0.3 is 4.90 Å². The average Bonchev–Trinajstić information content (AvgIpc) is 2.74. The van der Waals surface area contributed by atoms with E-state index in [0.29, 0.717) is 5.69 Å². The number of aryl methyl sites for hydroxylation is 1. The molecule has 4 nitrogen and oxygen atoms in total. The Labute approximate surface area is 112 Å². The van der Waals surface area contributed by atoms with Crippen molar-refractivity contribution in [3.05, 3.63) is 53.6 Å². The normalized spacial score (nSPS) is 17.4. The molecule has 19 heavy (non-hydrogen) atoms. The van der Waals surface area contributed by atoms with Crippen LogP contribution in [0.15, 0.2) is 36.7 Å². The number of hydrogen-bond donors (Lipinski definition) is 0. The smallest absolute Gasteiger partial charge is 0.277 e. The van der Waals surface area contributed by atoms with Crippen molar-refractivity contribution < 1.29 is 4.79 Å². The van der Waals surface area contributed by atoms with Crippen LogP contribution in [0.5, 0.6) is 0 Å². The first kappa shape index (κ1) is 11.8. The molecule has 1 atom stereocenters. The van der Waals surface area contributed by atoms with Crippen LogP contribution in [0.3, 0.4) is 0 Å². The van der Waals surface area contributed by atoms with Gasteiger partial charge in [-0.1, -0.05) is 18.2 Å². The first-order valence-electron chi connectivity index (χ1n) is 6.37. The maximum Gasteiger partial charge on any atom is 0.277 e. The van der Waals surface area contributed by atoms with E-state index in [1.807, 2.05) is 30.0 Å². The molecule has 0 fully saturated rings. The summed E-state index contributed by atoms with van der Waals surface area (Å²) in [4.78, 5) is 22.6. The van der Waals surface area contributed by atoms with E-state index in [2.05, 4.69) is 23.0 Å². The van der Waals surface area contributed by atoms with E-state index in [0.717, 1.165) is 17.8 Å². The number of aromatic nitrogens is 2. The predicted octanol–water partition coefficient (Wildman–Crippen LogP) is 2.38. The highest BCUT2D eigenvalue weighted by Gasteiger charge is 2.31. The number of fused-ring (bicyclic) bond motifs is 1. The summed E-state index contributed by atoms with van der Waals surface area (Å²) >= 11 is 0. The fourth-order valence-corrected chi connectivity index (χ4v) is 2.57. The molecular formula is C15H15N3O. The summed E-state index contributed by atoms with van der Waals surface area (Å²) in [7, 11) is 0. The zero-order valence-electron chi connectivity index (χ0n) is 11.0. The van der Waals surface area contributed by atoms with Gasteiger partial charge in [-0.15, -0.1) is 0 Å². The van der Waals surface area contributed by atoms with Crippen molar-refractivity contribution in [3.63, 3.8) is 0 Å². The first-order valence-corrected chi connectivity index (χ1v) is 6.37. The molecule has 1 aromatic heterocycles. The molecule has 0 saturated carbocycles. The van der Waals surface area contributed by atoms with E-state index >= 15 is 0 Å². The van der Waals surface area contributed by atoms with Gasteiger partial charge >= 0.3 is 0 Å². The number of anilines is 1. The monoisotopic (exact) mass is 253 g/mol.